The molecule has 0 aliphatic rings. The summed E-state index contributed by atoms with van der Waals surface area (Å²) < 4.78 is 6.40. The van der Waals surface area contributed by atoms with Gasteiger partial charge in [-0.2, -0.15) is 0 Å². The third-order valence-corrected chi connectivity index (χ3v) is 3.01. The third-order valence-electron chi connectivity index (χ3n) is 2.42. The van der Waals surface area contributed by atoms with Gasteiger partial charge >= 0.3 is 0 Å². The highest BCUT2D eigenvalue weighted by molar-refractivity contribution is 14.1. The second kappa shape index (κ2) is 6.51. The predicted octanol–water partition coefficient (Wildman–Crippen LogP) is 3.01. The van der Waals surface area contributed by atoms with Crippen molar-refractivity contribution in [3.63, 3.8) is 0 Å². The second-order valence-electron chi connectivity index (χ2n) is 3.97. The highest BCUT2D eigenvalue weighted by atomic mass is 127. The molecule has 19 heavy (non-hydrogen) atoms. The summed E-state index contributed by atoms with van der Waals surface area (Å²) in [4.78, 5) is 15.9. The van der Waals surface area contributed by atoms with E-state index in [1.54, 1.807) is 6.20 Å². The quantitative estimate of drug-likeness (QED) is 0.845. The van der Waals surface area contributed by atoms with Crippen molar-refractivity contribution in [3.05, 3.63) is 51.7 Å². The van der Waals surface area contributed by atoms with Crippen molar-refractivity contribution in [3.8, 4) is 5.75 Å². The van der Waals surface area contributed by atoms with Crippen LogP contribution in [0.3, 0.4) is 0 Å². The molecule has 0 unspecified atom stereocenters. The molecule has 1 heterocycles. The zero-order valence-corrected chi connectivity index (χ0v) is 12.5. The van der Waals surface area contributed by atoms with Gasteiger partial charge in [-0.3, -0.25) is 4.79 Å². The summed E-state index contributed by atoms with van der Waals surface area (Å²) >= 11 is 2.18. The number of pyridine rings is 1. The van der Waals surface area contributed by atoms with Gasteiger partial charge in [-0.05, 0) is 53.3 Å². The molecular weight excluding hydrogens is 355 g/mol. The van der Waals surface area contributed by atoms with Gasteiger partial charge in [0, 0.05) is 9.77 Å². The zero-order valence-electron chi connectivity index (χ0n) is 10.4. The van der Waals surface area contributed by atoms with Crippen molar-refractivity contribution in [2.24, 2.45) is 0 Å². The lowest BCUT2D eigenvalue weighted by Gasteiger charge is -2.08. The van der Waals surface area contributed by atoms with Crippen molar-refractivity contribution in [2.45, 2.75) is 6.92 Å². The van der Waals surface area contributed by atoms with E-state index in [2.05, 4.69) is 32.9 Å². The SMILES string of the molecule is Cc1cc(I)cnc1NC(=O)COc1ccccc1. The van der Waals surface area contributed by atoms with E-state index in [0.29, 0.717) is 11.6 Å². The summed E-state index contributed by atoms with van der Waals surface area (Å²) in [5.41, 5.74) is 0.931. The first kappa shape index (κ1) is 13.8. The van der Waals surface area contributed by atoms with Crippen molar-refractivity contribution in [1.82, 2.24) is 4.98 Å². The molecule has 0 fully saturated rings. The number of aromatic nitrogens is 1. The summed E-state index contributed by atoms with van der Waals surface area (Å²) in [5.74, 6) is 1.02. The Hall–Kier alpha value is -1.63. The molecule has 2 aromatic rings. The number of halogens is 1. The Morgan fingerprint density at radius 3 is 2.79 bits per heavy atom. The predicted molar refractivity (Wildman–Crippen MR) is 82.3 cm³/mol. The van der Waals surface area contributed by atoms with Crippen molar-refractivity contribution >= 4 is 34.3 Å². The van der Waals surface area contributed by atoms with E-state index in [0.717, 1.165) is 9.13 Å². The summed E-state index contributed by atoms with van der Waals surface area (Å²) in [6.45, 7) is 1.87. The van der Waals surface area contributed by atoms with Gasteiger partial charge in [0.15, 0.2) is 6.61 Å². The van der Waals surface area contributed by atoms with Crippen LogP contribution in [0.15, 0.2) is 42.6 Å². The van der Waals surface area contributed by atoms with Crippen LogP contribution in [0.1, 0.15) is 5.56 Å². The minimum absolute atomic E-state index is 0.0306. The Morgan fingerprint density at radius 1 is 1.37 bits per heavy atom. The van der Waals surface area contributed by atoms with E-state index < -0.39 is 0 Å². The molecule has 5 heteroatoms. The summed E-state index contributed by atoms with van der Waals surface area (Å²) in [6, 6.07) is 11.2. The van der Waals surface area contributed by atoms with E-state index in [-0.39, 0.29) is 12.5 Å². The lowest BCUT2D eigenvalue weighted by Crippen LogP contribution is -2.21. The van der Waals surface area contributed by atoms with E-state index in [1.165, 1.54) is 0 Å². The fourth-order valence-electron chi connectivity index (χ4n) is 1.51. The van der Waals surface area contributed by atoms with Crippen molar-refractivity contribution in [2.75, 3.05) is 11.9 Å². The third kappa shape index (κ3) is 4.20. The maximum Gasteiger partial charge on any atom is 0.263 e. The monoisotopic (exact) mass is 368 g/mol. The number of amides is 1. The average Bonchev–Trinajstić information content (AvgIpc) is 2.41. The van der Waals surface area contributed by atoms with Crippen LogP contribution in [0.5, 0.6) is 5.75 Å². The molecule has 98 valence electrons. The topological polar surface area (TPSA) is 51.2 Å². The van der Waals surface area contributed by atoms with Gasteiger partial charge in [-0.15, -0.1) is 0 Å². The van der Waals surface area contributed by atoms with Gasteiger partial charge in [0.05, 0.1) is 0 Å². The highest BCUT2D eigenvalue weighted by Crippen LogP contribution is 2.14. The van der Waals surface area contributed by atoms with E-state index in [1.807, 2.05) is 43.3 Å². The number of nitrogens with one attached hydrogen (secondary N) is 1. The molecule has 1 aromatic heterocycles. The number of hydrogen-bond acceptors (Lipinski definition) is 3. The maximum absolute atomic E-state index is 11.7. The normalized spacial score (nSPS) is 10.0. The first-order chi connectivity index (χ1) is 9.15. The van der Waals surface area contributed by atoms with E-state index in [9.17, 15) is 4.79 Å². The standard InChI is InChI=1S/C14H13IN2O2/c1-10-7-11(15)8-16-14(10)17-13(18)9-19-12-5-3-2-4-6-12/h2-8H,9H2,1H3,(H,16,17,18). The molecular formula is C14H13IN2O2. The number of carbonyl (C=O) groups excluding carboxylic acids is 1. The zero-order chi connectivity index (χ0) is 13.7. The van der Waals surface area contributed by atoms with Crippen LogP contribution in [-0.4, -0.2) is 17.5 Å². The molecule has 0 saturated carbocycles. The summed E-state index contributed by atoms with van der Waals surface area (Å²) in [7, 11) is 0. The van der Waals surface area contributed by atoms with Gasteiger partial charge < -0.3 is 10.1 Å². The van der Waals surface area contributed by atoms with Crippen LogP contribution in [-0.2, 0) is 4.79 Å². The fourth-order valence-corrected chi connectivity index (χ4v) is 2.11. The summed E-state index contributed by atoms with van der Waals surface area (Å²) in [6.07, 6.45) is 1.71. The number of rotatable bonds is 4. The van der Waals surface area contributed by atoms with Gasteiger partial charge in [0.25, 0.3) is 5.91 Å². The Kier molecular flexibility index (Phi) is 4.73. The van der Waals surface area contributed by atoms with Gasteiger partial charge in [-0.1, -0.05) is 18.2 Å². The molecule has 1 aromatic carbocycles. The van der Waals surface area contributed by atoms with Crippen molar-refractivity contribution in [1.29, 1.82) is 0 Å². The van der Waals surface area contributed by atoms with Gasteiger partial charge in [0.1, 0.15) is 11.6 Å². The smallest absolute Gasteiger partial charge is 0.263 e. The van der Waals surface area contributed by atoms with Crippen LogP contribution < -0.4 is 10.1 Å². The van der Waals surface area contributed by atoms with Crippen molar-refractivity contribution < 1.29 is 9.53 Å². The molecule has 0 spiro atoms. The largest absolute Gasteiger partial charge is 0.484 e. The number of benzene rings is 1. The molecule has 1 amide bonds. The minimum Gasteiger partial charge on any atom is -0.484 e. The number of carbonyl (C=O) groups is 1. The van der Waals surface area contributed by atoms with Crippen LogP contribution in [0, 0.1) is 10.5 Å². The Balaban J connectivity index is 1.91. The molecule has 4 nitrogen and oxygen atoms in total. The van der Waals surface area contributed by atoms with Crippen LogP contribution in [0.25, 0.3) is 0 Å². The number of para-hydroxylation sites is 1. The molecule has 0 bridgehead atoms. The number of nitrogens with zero attached hydrogens (tertiary/aromatic N) is 1. The van der Waals surface area contributed by atoms with Crippen LogP contribution in [0.4, 0.5) is 5.82 Å². The fraction of sp³-hybridized carbons (Fsp3) is 0.143. The lowest BCUT2D eigenvalue weighted by atomic mass is 10.3. The Bertz CT molecular complexity index is 573. The number of anilines is 1. The number of ether oxygens (including phenoxy) is 1. The number of hydrogen-bond donors (Lipinski definition) is 1. The van der Waals surface area contributed by atoms with Crippen LogP contribution >= 0.6 is 22.6 Å². The minimum atomic E-state index is -0.222. The molecule has 0 radical (unpaired) electrons. The van der Waals surface area contributed by atoms with Gasteiger partial charge in [0.2, 0.25) is 0 Å². The molecule has 0 saturated heterocycles. The molecule has 2 rings (SSSR count). The van der Waals surface area contributed by atoms with Gasteiger partial charge in [-0.25, -0.2) is 4.98 Å². The average molecular weight is 368 g/mol. The number of aryl methyl sites for hydroxylation is 1. The molecule has 0 aliphatic heterocycles. The lowest BCUT2D eigenvalue weighted by molar-refractivity contribution is -0.118. The van der Waals surface area contributed by atoms with E-state index >= 15 is 0 Å². The first-order valence-corrected chi connectivity index (χ1v) is 6.83. The first-order valence-electron chi connectivity index (χ1n) is 5.75. The van der Waals surface area contributed by atoms with Crippen LogP contribution in [0.2, 0.25) is 0 Å². The second-order valence-corrected chi connectivity index (χ2v) is 5.21. The summed E-state index contributed by atoms with van der Waals surface area (Å²) in [5, 5.41) is 2.73. The Labute approximate surface area is 125 Å². The Morgan fingerprint density at radius 2 is 2.11 bits per heavy atom. The maximum atomic E-state index is 11.7. The molecule has 0 aliphatic carbocycles. The highest BCUT2D eigenvalue weighted by Gasteiger charge is 2.07. The molecule has 0 atom stereocenters. The molecule has 1 N–H and O–H groups in total. The van der Waals surface area contributed by atoms with E-state index in [4.69, 9.17) is 4.74 Å².